The fraction of sp³-hybridized carbons (Fsp3) is 0.174. The molecule has 0 amide bonds. The second-order valence-corrected chi connectivity index (χ2v) is 6.28. The molecule has 0 radical (unpaired) electrons. The van der Waals surface area contributed by atoms with E-state index in [0.29, 0.717) is 17.9 Å². The molecule has 0 aromatic heterocycles. The number of rotatable bonds is 6. The molecule has 0 saturated carbocycles. The van der Waals surface area contributed by atoms with E-state index in [4.69, 9.17) is 4.74 Å². The van der Waals surface area contributed by atoms with Gasteiger partial charge in [0.25, 0.3) is 0 Å². The topological polar surface area (TPSA) is 26.3 Å². The summed E-state index contributed by atoms with van der Waals surface area (Å²) in [5, 5.41) is 0. The summed E-state index contributed by atoms with van der Waals surface area (Å²) in [6.07, 6.45) is 11.6. The van der Waals surface area contributed by atoms with Crippen molar-refractivity contribution in [1.82, 2.24) is 0 Å². The van der Waals surface area contributed by atoms with Gasteiger partial charge in [-0.15, -0.1) is 0 Å². The zero-order valence-corrected chi connectivity index (χ0v) is 14.6. The van der Waals surface area contributed by atoms with Crippen LogP contribution < -0.4 is 4.74 Å². The first-order valence-corrected chi connectivity index (χ1v) is 8.49. The summed E-state index contributed by atoms with van der Waals surface area (Å²) >= 11 is 0. The van der Waals surface area contributed by atoms with Crippen LogP contribution in [0.3, 0.4) is 0 Å². The van der Waals surface area contributed by atoms with E-state index >= 15 is 0 Å². The number of hydrogen-bond acceptors (Lipinski definition) is 2. The standard InChI is InChI=1S/C23H22O2/c1-17-14-21(22(24)13-12-19-8-6-7-9-19)23(15-18(17)2)25-16-20-10-4-3-5-11-20/h3-15,19H,16H2,1-2H3. The van der Waals surface area contributed by atoms with Crippen molar-refractivity contribution in [1.29, 1.82) is 0 Å². The van der Waals surface area contributed by atoms with E-state index in [1.54, 1.807) is 6.08 Å². The van der Waals surface area contributed by atoms with Crippen LogP contribution in [0, 0.1) is 19.8 Å². The molecule has 0 unspecified atom stereocenters. The van der Waals surface area contributed by atoms with E-state index in [1.807, 2.05) is 74.5 Å². The van der Waals surface area contributed by atoms with Crippen molar-refractivity contribution in [2.45, 2.75) is 20.5 Å². The summed E-state index contributed by atoms with van der Waals surface area (Å²) in [5.74, 6) is 0.808. The minimum atomic E-state index is -0.0279. The molecule has 0 spiro atoms. The van der Waals surface area contributed by atoms with Gasteiger partial charge in [0, 0.05) is 5.92 Å². The van der Waals surface area contributed by atoms with Crippen molar-refractivity contribution in [3.63, 3.8) is 0 Å². The normalized spacial score (nSPS) is 13.7. The first kappa shape index (κ1) is 17.0. The Morgan fingerprint density at radius 1 is 1.04 bits per heavy atom. The molecule has 0 aliphatic heterocycles. The Bertz CT molecular complexity index is 830. The molecule has 0 atom stereocenters. The fourth-order valence-corrected chi connectivity index (χ4v) is 2.70. The molecule has 1 aliphatic carbocycles. The van der Waals surface area contributed by atoms with Gasteiger partial charge in [0.1, 0.15) is 12.4 Å². The largest absolute Gasteiger partial charge is 0.488 e. The molecule has 1 aliphatic rings. The number of allylic oxidation sites excluding steroid dienone is 6. The smallest absolute Gasteiger partial charge is 0.189 e. The van der Waals surface area contributed by atoms with Gasteiger partial charge in [0.2, 0.25) is 0 Å². The number of carbonyl (C=O) groups excluding carboxylic acids is 1. The van der Waals surface area contributed by atoms with Crippen LogP contribution in [0.15, 0.2) is 78.9 Å². The Hall–Kier alpha value is -2.87. The van der Waals surface area contributed by atoms with Crippen LogP contribution in [0.25, 0.3) is 0 Å². The van der Waals surface area contributed by atoms with Crippen LogP contribution in [-0.4, -0.2) is 5.78 Å². The van der Waals surface area contributed by atoms with Gasteiger partial charge < -0.3 is 4.74 Å². The minimum absolute atomic E-state index is 0.0279. The van der Waals surface area contributed by atoms with Crippen LogP contribution >= 0.6 is 0 Å². The number of aryl methyl sites for hydroxylation is 2. The molecule has 25 heavy (non-hydrogen) atoms. The highest BCUT2D eigenvalue weighted by Crippen LogP contribution is 2.25. The molecule has 0 fully saturated rings. The van der Waals surface area contributed by atoms with Crippen molar-refractivity contribution in [2.24, 2.45) is 5.92 Å². The number of benzene rings is 2. The lowest BCUT2D eigenvalue weighted by Gasteiger charge is -2.13. The third kappa shape index (κ3) is 4.36. The molecular weight excluding hydrogens is 308 g/mol. The third-order valence-electron chi connectivity index (χ3n) is 4.35. The zero-order chi connectivity index (χ0) is 17.6. The summed E-state index contributed by atoms with van der Waals surface area (Å²) in [7, 11) is 0. The van der Waals surface area contributed by atoms with E-state index in [1.165, 1.54) is 0 Å². The van der Waals surface area contributed by atoms with E-state index in [0.717, 1.165) is 16.7 Å². The van der Waals surface area contributed by atoms with E-state index in [9.17, 15) is 4.79 Å². The van der Waals surface area contributed by atoms with Gasteiger partial charge in [0.05, 0.1) is 5.56 Å². The van der Waals surface area contributed by atoms with Crippen LogP contribution in [-0.2, 0) is 6.61 Å². The lowest BCUT2D eigenvalue weighted by Crippen LogP contribution is -2.04. The van der Waals surface area contributed by atoms with Gasteiger partial charge in [-0.3, -0.25) is 4.79 Å². The van der Waals surface area contributed by atoms with Gasteiger partial charge in [-0.2, -0.15) is 0 Å². The Labute approximate surface area is 149 Å². The second-order valence-electron chi connectivity index (χ2n) is 6.28. The second kappa shape index (κ2) is 7.80. The lowest BCUT2D eigenvalue weighted by atomic mass is 10.0. The molecule has 0 heterocycles. The van der Waals surface area contributed by atoms with Crippen molar-refractivity contribution < 1.29 is 9.53 Å². The SMILES string of the molecule is Cc1cc(OCc2ccccc2)c(C(=O)C=CC2C=CC=C2)cc1C. The fourth-order valence-electron chi connectivity index (χ4n) is 2.70. The number of ketones is 1. The van der Waals surface area contributed by atoms with Gasteiger partial charge in [-0.1, -0.05) is 60.7 Å². The van der Waals surface area contributed by atoms with Crippen LogP contribution in [0.2, 0.25) is 0 Å². The third-order valence-corrected chi connectivity index (χ3v) is 4.35. The van der Waals surface area contributed by atoms with E-state index in [2.05, 4.69) is 12.2 Å². The number of carbonyl (C=O) groups is 1. The summed E-state index contributed by atoms with van der Waals surface area (Å²) < 4.78 is 5.97. The molecule has 126 valence electrons. The summed E-state index contributed by atoms with van der Waals surface area (Å²) in [5.41, 5.74) is 3.90. The predicted molar refractivity (Wildman–Crippen MR) is 102 cm³/mol. The van der Waals surface area contributed by atoms with Crippen LogP contribution in [0.4, 0.5) is 0 Å². The summed E-state index contributed by atoms with van der Waals surface area (Å²) in [6.45, 7) is 4.49. The highest BCUT2D eigenvalue weighted by Gasteiger charge is 2.13. The highest BCUT2D eigenvalue weighted by molar-refractivity contribution is 6.06. The molecular formula is C23H22O2. The van der Waals surface area contributed by atoms with Gasteiger partial charge in [-0.25, -0.2) is 0 Å². The van der Waals surface area contributed by atoms with Crippen molar-refractivity contribution >= 4 is 5.78 Å². The predicted octanol–water partition coefficient (Wildman–Crippen LogP) is 5.36. The van der Waals surface area contributed by atoms with Crippen molar-refractivity contribution in [3.05, 3.63) is 101 Å². The Kier molecular flexibility index (Phi) is 5.30. The molecule has 3 rings (SSSR count). The van der Waals surface area contributed by atoms with Crippen LogP contribution in [0.1, 0.15) is 27.0 Å². The average Bonchev–Trinajstić information content (AvgIpc) is 3.15. The summed E-state index contributed by atoms with van der Waals surface area (Å²) in [6, 6.07) is 13.8. The maximum Gasteiger partial charge on any atom is 0.189 e. The molecule has 0 saturated heterocycles. The zero-order valence-electron chi connectivity index (χ0n) is 14.6. The van der Waals surface area contributed by atoms with Gasteiger partial charge >= 0.3 is 0 Å². The molecule has 2 aromatic rings. The summed E-state index contributed by atoms with van der Waals surface area (Å²) in [4.78, 5) is 12.7. The molecule has 2 nitrogen and oxygen atoms in total. The maximum absolute atomic E-state index is 12.7. The molecule has 0 bridgehead atoms. The van der Waals surface area contributed by atoms with Crippen LogP contribution in [0.5, 0.6) is 5.75 Å². The monoisotopic (exact) mass is 330 g/mol. The van der Waals surface area contributed by atoms with Gasteiger partial charge in [-0.05, 0) is 48.7 Å². The first-order chi connectivity index (χ1) is 12.1. The quantitative estimate of drug-likeness (QED) is 0.526. The van der Waals surface area contributed by atoms with Gasteiger partial charge in [0.15, 0.2) is 5.78 Å². The van der Waals surface area contributed by atoms with Crippen molar-refractivity contribution in [2.75, 3.05) is 0 Å². The number of hydrogen-bond donors (Lipinski definition) is 0. The minimum Gasteiger partial charge on any atom is -0.488 e. The maximum atomic E-state index is 12.7. The molecule has 2 heteroatoms. The first-order valence-electron chi connectivity index (χ1n) is 8.49. The Balaban J connectivity index is 1.81. The average molecular weight is 330 g/mol. The Morgan fingerprint density at radius 3 is 2.44 bits per heavy atom. The van der Waals surface area contributed by atoms with E-state index < -0.39 is 0 Å². The highest BCUT2D eigenvalue weighted by atomic mass is 16.5. The Morgan fingerprint density at radius 2 is 1.72 bits per heavy atom. The lowest BCUT2D eigenvalue weighted by molar-refractivity contribution is 0.104. The molecule has 0 N–H and O–H groups in total. The van der Waals surface area contributed by atoms with E-state index in [-0.39, 0.29) is 11.7 Å². The number of ether oxygens (including phenoxy) is 1. The molecule has 2 aromatic carbocycles. The van der Waals surface area contributed by atoms with Crippen molar-refractivity contribution in [3.8, 4) is 5.75 Å².